The number of aliphatic hydroxyl groups is 2. The summed E-state index contributed by atoms with van der Waals surface area (Å²) in [5, 5.41) is 23.9. The number of hydrogen-bond donors (Lipinski definition) is 4. The lowest BCUT2D eigenvalue weighted by atomic mass is 9.94. The van der Waals surface area contributed by atoms with Crippen LogP contribution in [0.3, 0.4) is 0 Å². The number of amides is 2. The fourth-order valence-electron chi connectivity index (χ4n) is 5.05. The summed E-state index contributed by atoms with van der Waals surface area (Å²) in [7, 11) is 0. The maximum absolute atomic E-state index is 12.5. The number of benzene rings is 1. The van der Waals surface area contributed by atoms with E-state index in [-0.39, 0.29) is 29.4 Å². The standard InChI is InChI=1S/C28H31N7O6/c29-24-20-25(35(15-30-20)27-22(37)21(36)23(41-27)26(38)31-17-9-10-17)33-19(32-24)8-4-5-16-11-13-34(14-12-16)28(39)40-18-6-2-1-3-7-18/h1-3,6-7,15-17,21-23,27,36-37H,5,9-14H2,(H,31,38)(H2,29,32,33)/t21?,22-,23-,27+/m0/s1. The minimum absolute atomic E-state index is 0.0842. The highest BCUT2D eigenvalue weighted by atomic mass is 16.6. The molecule has 13 nitrogen and oxygen atoms in total. The number of nitrogens with zero attached hydrogens (tertiary/aromatic N) is 5. The van der Waals surface area contributed by atoms with Gasteiger partial charge in [0.05, 0.1) is 6.33 Å². The number of carbonyl (C=O) groups is 2. The SMILES string of the molecule is Nc1nc(C#CCC2CCN(C(=O)Oc3ccccc3)CC2)nc2c1ncn2[C@@H]1O[C@H](C(=O)NC2CC2)C(O)[C@@H]1O. The van der Waals surface area contributed by atoms with Gasteiger partial charge in [-0.3, -0.25) is 9.36 Å². The zero-order valence-corrected chi connectivity index (χ0v) is 22.2. The van der Waals surface area contributed by atoms with E-state index in [2.05, 4.69) is 32.1 Å². The Labute approximate surface area is 235 Å². The molecule has 214 valence electrons. The summed E-state index contributed by atoms with van der Waals surface area (Å²) in [6.45, 7) is 1.17. The molecule has 1 saturated carbocycles. The van der Waals surface area contributed by atoms with Gasteiger partial charge in [-0.25, -0.2) is 19.7 Å². The quantitative estimate of drug-likeness (QED) is 0.328. The summed E-state index contributed by atoms with van der Waals surface area (Å²) < 4.78 is 12.6. The van der Waals surface area contributed by atoms with Gasteiger partial charge in [-0.15, -0.1) is 0 Å². The topological polar surface area (TPSA) is 178 Å². The van der Waals surface area contributed by atoms with Crippen molar-refractivity contribution in [2.75, 3.05) is 18.8 Å². The molecular weight excluding hydrogens is 530 g/mol. The van der Waals surface area contributed by atoms with E-state index >= 15 is 0 Å². The molecule has 1 unspecified atom stereocenters. The predicted octanol–water partition coefficient (Wildman–Crippen LogP) is 0.959. The molecule has 4 heterocycles. The largest absolute Gasteiger partial charge is 0.415 e. The third-order valence-corrected chi connectivity index (χ3v) is 7.56. The normalized spacial score (nSPS) is 24.6. The Hall–Kier alpha value is -4.25. The lowest BCUT2D eigenvalue weighted by molar-refractivity contribution is -0.137. The molecule has 1 aromatic carbocycles. The van der Waals surface area contributed by atoms with Crippen LogP contribution in [0.25, 0.3) is 11.2 Å². The molecule has 0 spiro atoms. The van der Waals surface area contributed by atoms with Gasteiger partial charge in [0, 0.05) is 25.6 Å². The Morgan fingerprint density at radius 1 is 1.10 bits per heavy atom. The molecule has 0 bridgehead atoms. The highest BCUT2D eigenvalue weighted by Crippen LogP contribution is 2.33. The van der Waals surface area contributed by atoms with E-state index in [1.54, 1.807) is 17.0 Å². The van der Waals surface area contributed by atoms with Crippen LogP contribution in [-0.2, 0) is 9.53 Å². The molecule has 6 rings (SSSR count). The molecule has 2 amide bonds. The van der Waals surface area contributed by atoms with E-state index in [9.17, 15) is 19.8 Å². The second kappa shape index (κ2) is 11.3. The molecule has 2 aliphatic heterocycles. The van der Waals surface area contributed by atoms with Crippen molar-refractivity contribution < 1.29 is 29.3 Å². The predicted molar refractivity (Wildman–Crippen MR) is 145 cm³/mol. The van der Waals surface area contributed by atoms with Gasteiger partial charge >= 0.3 is 6.09 Å². The van der Waals surface area contributed by atoms with Crippen molar-refractivity contribution in [1.29, 1.82) is 0 Å². The van der Waals surface area contributed by atoms with E-state index in [4.69, 9.17) is 15.2 Å². The highest BCUT2D eigenvalue weighted by Gasteiger charge is 2.48. The van der Waals surface area contributed by atoms with Gasteiger partial charge in [0.1, 0.15) is 23.5 Å². The monoisotopic (exact) mass is 561 g/mol. The second-order valence-corrected chi connectivity index (χ2v) is 10.6. The highest BCUT2D eigenvalue weighted by molar-refractivity contribution is 5.83. The molecule has 1 aliphatic carbocycles. The van der Waals surface area contributed by atoms with E-state index < -0.39 is 30.4 Å². The van der Waals surface area contributed by atoms with Gasteiger partial charge in [-0.1, -0.05) is 24.1 Å². The fraction of sp³-hybridized carbons (Fsp3) is 0.464. The second-order valence-electron chi connectivity index (χ2n) is 10.6. The van der Waals surface area contributed by atoms with Crippen molar-refractivity contribution in [2.24, 2.45) is 5.92 Å². The number of piperidine rings is 1. The third kappa shape index (κ3) is 5.81. The van der Waals surface area contributed by atoms with Crippen LogP contribution in [0.15, 0.2) is 36.7 Å². The van der Waals surface area contributed by atoms with Crippen molar-refractivity contribution in [3.05, 3.63) is 42.5 Å². The summed E-state index contributed by atoms with van der Waals surface area (Å²) in [4.78, 5) is 39.6. The Balaban J connectivity index is 1.09. The van der Waals surface area contributed by atoms with Crippen LogP contribution in [0.4, 0.5) is 10.6 Å². The number of aromatic nitrogens is 4. The zero-order valence-electron chi connectivity index (χ0n) is 22.2. The molecular formula is C28H31N7O6. The third-order valence-electron chi connectivity index (χ3n) is 7.56. The van der Waals surface area contributed by atoms with Crippen LogP contribution in [0, 0.1) is 17.8 Å². The Morgan fingerprint density at radius 3 is 2.59 bits per heavy atom. The first kappa shape index (κ1) is 26.9. The lowest BCUT2D eigenvalue weighted by Gasteiger charge is -2.30. The first-order chi connectivity index (χ1) is 19.9. The zero-order chi connectivity index (χ0) is 28.5. The molecule has 0 radical (unpaired) electrons. The summed E-state index contributed by atoms with van der Waals surface area (Å²) in [5.41, 5.74) is 6.68. The van der Waals surface area contributed by atoms with Gasteiger partial charge in [0.15, 0.2) is 23.8 Å². The molecule has 41 heavy (non-hydrogen) atoms. The number of likely N-dealkylation sites (tertiary alicyclic amines) is 1. The van der Waals surface area contributed by atoms with Crippen LogP contribution in [0.2, 0.25) is 0 Å². The summed E-state index contributed by atoms with van der Waals surface area (Å²) in [5.74, 6) is 6.73. The number of nitrogens with one attached hydrogen (secondary N) is 1. The minimum Gasteiger partial charge on any atom is -0.410 e. The Kier molecular flexibility index (Phi) is 7.44. The number of fused-ring (bicyclic) bond motifs is 1. The summed E-state index contributed by atoms with van der Waals surface area (Å²) in [6.07, 6.45) is -0.147. The molecule has 3 fully saturated rings. The maximum Gasteiger partial charge on any atom is 0.415 e. The van der Waals surface area contributed by atoms with Gasteiger partial charge in [0.2, 0.25) is 5.82 Å². The molecule has 13 heteroatoms. The van der Waals surface area contributed by atoms with Gasteiger partial charge in [-0.05, 0) is 49.7 Å². The Morgan fingerprint density at radius 2 is 1.85 bits per heavy atom. The first-order valence-electron chi connectivity index (χ1n) is 13.7. The molecule has 2 saturated heterocycles. The van der Waals surface area contributed by atoms with Gasteiger partial charge in [-0.2, -0.15) is 0 Å². The molecule has 5 N–H and O–H groups in total. The van der Waals surface area contributed by atoms with E-state index in [1.807, 2.05) is 18.2 Å². The molecule has 3 aromatic rings. The number of para-hydroxylation sites is 1. The number of rotatable bonds is 5. The molecule has 2 aromatic heterocycles. The number of imidazole rings is 1. The number of aliphatic hydroxyl groups excluding tert-OH is 2. The van der Waals surface area contributed by atoms with E-state index in [0.29, 0.717) is 36.7 Å². The van der Waals surface area contributed by atoms with E-state index in [0.717, 1.165) is 25.7 Å². The number of anilines is 1. The fourth-order valence-corrected chi connectivity index (χ4v) is 5.05. The van der Waals surface area contributed by atoms with Crippen LogP contribution < -0.4 is 15.8 Å². The summed E-state index contributed by atoms with van der Waals surface area (Å²) >= 11 is 0. The number of nitrogens with two attached hydrogens (primary N) is 1. The molecule has 4 atom stereocenters. The van der Waals surface area contributed by atoms with Gasteiger partial charge < -0.3 is 35.6 Å². The number of carbonyl (C=O) groups excluding carboxylic acids is 2. The van der Waals surface area contributed by atoms with Crippen LogP contribution in [0.1, 0.15) is 44.2 Å². The van der Waals surface area contributed by atoms with Crippen LogP contribution in [-0.4, -0.2) is 84.1 Å². The summed E-state index contributed by atoms with van der Waals surface area (Å²) in [6, 6.07) is 9.08. The first-order valence-corrected chi connectivity index (χ1v) is 13.7. The van der Waals surface area contributed by atoms with Crippen LogP contribution >= 0.6 is 0 Å². The smallest absolute Gasteiger partial charge is 0.410 e. The lowest BCUT2D eigenvalue weighted by Crippen LogP contribution is -2.43. The van der Waals surface area contributed by atoms with E-state index in [1.165, 1.54) is 10.9 Å². The Bertz CT molecular complexity index is 1490. The molecule has 3 aliphatic rings. The minimum atomic E-state index is -1.42. The van der Waals surface area contributed by atoms with Crippen LogP contribution in [0.5, 0.6) is 5.75 Å². The average molecular weight is 562 g/mol. The van der Waals surface area contributed by atoms with Crippen molar-refractivity contribution in [3.63, 3.8) is 0 Å². The van der Waals surface area contributed by atoms with Crippen molar-refractivity contribution in [1.82, 2.24) is 29.7 Å². The maximum atomic E-state index is 12.5. The number of nitrogen functional groups attached to an aromatic ring is 1. The number of ether oxygens (including phenoxy) is 2. The van der Waals surface area contributed by atoms with Crippen molar-refractivity contribution >= 4 is 29.0 Å². The van der Waals surface area contributed by atoms with Crippen molar-refractivity contribution in [3.8, 4) is 17.6 Å². The number of hydrogen-bond acceptors (Lipinski definition) is 10. The van der Waals surface area contributed by atoms with Crippen molar-refractivity contribution in [2.45, 2.75) is 62.7 Å². The van der Waals surface area contributed by atoms with Gasteiger partial charge in [0.25, 0.3) is 5.91 Å². The average Bonchev–Trinajstić information content (AvgIpc) is 3.61.